The van der Waals surface area contributed by atoms with Gasteiger partial charge in [-0.25, -0.2) is 14.3 Å². The highest BCUT2D eigenvalue weighted by molar-refractivity contribution is 7.09. The maximum absolute atomic E-state index is 13.1. The first-order valence-corrected chi connectivity index (χ1v) is 10.8. The summed E-state index contributed by atoms with van der Waals surface area (Å²) in [5.41, 5.74) is 0.207. The van der Waals surface area contributed by atoms with Crippen molar-refractivity contribution in [2.24, 2.45) is 0 Å². The molecule has 2 N–H and O–H groups in total. The molecule has 3 aromatic heterocycles. The molecular weight excluding hydrogens is 416 g/mol. The topological polar surface area (TPSA) is 110 Å². The quantitative estimate of drug-likeness (QED) is 0.481. The molecule has 0 saturated heterocycles. The molecule has 0 aliphatic rings. The van der Waals surface area contributed by atoms with Gasteiger partial charge in [-0.3, -0.25) is 14.6 Å². The average molecular weight is 439 g/mol. The van der Waals surface area contributed by atoms with E-state index in [-0.39, 0.29) is 22.4 Å². The lowest BCUT2D eigenvalue weighted by atomic mass is 10.1. The lowest BCUT2D eigenvalue weighted by Gasteiger charge is -2.06. The predicted octanol–water partition coefficient (Wildman–Crippen LogP) is 3.13. The SMILES string of the molecule is Cc1oc2[nH]c(=O)n(-c3ccccc3)c(=O)c2c1C(=O)NCCc1csc(C(C)C)n1. The lowest BCUT2D eigenvalue weighted by molar-refractivity contribution is 0.0954. The number of benzene rings is 1. The summed E-state index contributed by atoms with van der Waals surface area (Å²) in [6.07, 6.45) is 0.578. The highest BCUT2D eigenvalue weighted by Crippen LogP contribution is 2.21. The van der Waals surface area contributed by atoms with Crippen LogP contribution in [0.1, 0.15) is 46.6 Å². The monoisotopic (exact) mass is 438 g/mol. The number of thiazole rings is 1. The highest BCUT2D eigenvalue weighted by atomic mass is 32.1. The van der Waals surface area contributed by atoms with Crippen molar-refractivity contribution in [3.05, 3.63) is 78.6 Å². The Hall–Kier alpha value is -3.46. The van der Waals surface area contributed by atoms with Crippen LogP contribution in [0, 0.1) is 6.92 Å². The van der Waals surface area contributed by atoms with Crippen molar-refractivity contribution >= 4 is 28.3 Å². The van der Waals surface area contributed by atoms with E-state index in [1.165, 1.54) is 0 Å². The molecule has 4 rings (SSSR count). The number of amides is 1. The molecule has 31 heavy (non-hydrogen) atoms. The summed E-state index contributed by atoms with van der Waals surface area (Å²) >= 11 is 1.60. The van der Waals surface area contributed by atoms with Gasteiger partial charge in [0, 0.05) is 24.3 Å². The van der Waals surface area contributed by atoms with Gasteiger partial charge in [-0.2, -0.15) is 0 Å². The average Bonchev–Trinajstić information content (AvgIpc) is 3.33. The first-order chi connectivity index (χ1) is 14.9. The molecule has 3 heterocycles. The number of nitrogens with one attached hydrogen (secondary N) is 2. The van der Waals surface area contributed by atoms with E-state index >= 15 is 0 Å². The van der Waals surface area contributed by atoms with Crippen LogP contribution in [0.2, 0.25) is 0 Å². The number of carbonyl (C=O) groups excluding carboxylic acids is 1. The van der Waals surface area contributed by atoms with Gasteiger partial charge < -0.3 is 9.73 Å². The maximum atomic E-state index is 13.1. The molecule has 0 saturated carbocycles. The number of fused-ring (bicyclic) bond motifs is 1. The Morgan fingerprint density at radius 3 is 2.68 bits per heavy atom. The summed E-state index contributed by atoms with van der Waals surface area (Å²) in [5.74, 6) is 0.198. The normalized spacial score (nSPS) is 11.4. The number of aromatic nitrogens is 3. The number of aromatic amines is 1. The number of hydrogen-bond donors (Lipinski definition) is 2. The minimum absolute atomic E-state index is 0.00842. The number of para-hydroxylation sites is 1. The molecule has 0 radical (unpaired) electrons. The number of hydrogen-bond acceptors (Lipinski definition) is 6. The van der Waals surface area contributed by atoms with Crippen LogP contribution in [-0.4, -0.2) is 27.0 Å². The fraction of sp³-hybridized carbons (Fsp3) is 0.273. The smallest absolute Gasteiger partial charge is 0.335 e. The summed E-state index contributed by atoms with van der Waals surface area (Å²) in [5, 5.41) is 5.93. The van der Waals surface area contributed by atoms with Crippen LogP contribution in [0.4, 0.5) is 0 Å². The van der Waals surface area contributed by atoms with E-state index in [4.69, 9.17) is 4.42 Å². The Morgan fingerprint density at radius 1 is 1.26 bits per heavy atom. The van der Waals surface area contributed by atoms with Crippen molar-refractivity contribution in [3.8, 4) is 5.69 Å². The number of H-pyrrole nitrogens is 1. The van der Waals surface area contributed by atoms with Gasteiger partial charge >= 0.3 is 5.69 Å². The molecule has 0 atom stereocenters. The van der Waals surface area contributed by atoms with Crippen LogP contribution in [0.5, 0.6) is 0 Å². The molecule has 0 spiro atoms. The third-order valence-corrected chi connectivity index (χ3v) is 6.09. The Kier molecular flexibility index (Phi) is 5.60. The molecule has 0 aliphatic heterocycles. The lowest BCUT2D eigenvalue weighted by Crippen LogP contribution is -2.34. The fourth-order valence-corrected chi connectivity index (χ4v) is 4.24. The van der Waals surface area contributed by atoms with Gasteiger partial charge in [0.25, 0.3) is 11.5 Å². The zero-order chi connectivity index (χ0) is 22.1. The van der Waals surface area contributed by atoms with Crippen LogP contribution >= 0.6 is 11.3 Å². The molecule has 1 amide bonds. The van der Waals surface area contributed by atoms with Crippen molar-refractivity contribution in [3.63, 3.8) is 0 Å². The van der Waals surface area contributed by atoms with Gasteiger partial charge in [-0.05, 0) is 19.1 Å². The minimum atomic E-state index is -0.631. The molecule has 4 aromatic rings. The predicted molar refractivity (Wildman–Crippen MR) is 119 cm³/mol. The molecule has 0 bridgehead atoms. The maximum Gasteiger partial charge on any atom is 0.335 e. The third-order valence-electron chi connectivity index (χ3n) is 4.90. The Labute approximate surface area is 181 Å². The van der Waals surface area contributed by atoms with E-state index in [0.717, 1.165) is 15.3 Å². The van der Waals surface area contributed by atoms with E-state index in [2.05, 4.69) is 29.1 Å². The fourth-order valence-electron chi connectivity index (χ4n) is 3.37. The zero-order valence-corrected chi connectivity index (χ0v) is 18.2. The zero-order valence-electron chi connectivity index (χ0n) is 17.4. The summed E-state index contributed by atoms with van der Waals surface area (Å²) in [4.78, 5) is 45.6. The van der Waals surface area contributed by atoms with Gasteiger partial charge in [0.2, 0.25) is 5.71 Å². The van der Waals surface area contributed by atoms with Crippen molar-refractivity contribution in [1.82, 2.24) is 19.9 Å². The van der Waals surface area contributed by atoms with Gasteiger partial charge in [-0.15, -0.1) is 11.3 Å². The minimum Gasteiger partial charge on any atom is -0.444 e. The van der Waals surface area contributed by atoms with Gasteiger partial charge in [0.1, 0.15) is 11.1 Å². The second kappa shape index (κ2) is 8.35. The van der Waals surface area contributed by atoms with Crippen LogP contribution in [0.3, 0.4) is 0 Å². The molecule has 0 aliphatic carbocycles. The molecule has 8 nitrogen and oxygen atoms in total. The first-order valence-electron chi connectivity index (χ1n) is 9.93. The van der Waals surface area contributed by atoms with Crippen LogP contribution in [0.15, 0.2) is 49.7 Å². The van der Waals surface area contributed by atoms with Crippen molar-refractivity contribution in [2.45, 2.75) is 33.1 Å². The summed E-state index contributed by atoms with van der Waals surface area (Å²) in [6.45, 7) is 6.13. The van der Waals surface area contributed by atoms with Gasteiger partial charge in [-0.1, -0.05) is 32.0 Å². The Balaban J connectivity index is 1.64. The van der Waals surface area contributed by atoms with Crippen molar-refractivity contribution in [1.29, 1.82) is 0 Å². The summed E-state index contributed by atoms with van der Waals surface area (Å²) in [7, 11) is 0. The number of nitrogens with zero attached hydrogens (tertiary/aromatic N) is 2. The second-order valence-corrected chi connectivity index (χ2v) is 8.37. The molecule has 1 aromatic carbocycles. The Morgan fingerprint density at radius 2 is 2.00 bits per heavy atom. The standard InChI is InChI=1S/C22H22N4O4S/c1-12(2)20-24-14(11-31-20)9-10-23-18(27)16-13(3)30-19-17(16)21(28)26(22(29)25-19)15-7-5-4-6-8-15/h4-8,11-12H,9-10H2,1-3H3,(H,23,27)(H,25,29). The number of carbonyl (C=O) groups is 1. The largest absolute Gasteiger partial charge is 0.444 e. The first kappa shape index (κ1) is 20.8. The van der Waals surface area contributed by atoms with Gasteiger partial charge in [0.15, 0.2) is 0 Å². The van der Waals surface area contributed by atoms with Crippen molar-refractivity contribution in [2.75, 3.05) is 6.54 Å². The molecule has 9 heteroatoms. The molecular formula is C22H22N4O4S. The summed E-state index contributed by atoms with van der Waals surface area (Å²) < 4.78 is 6.52. The second-order valence-electron chi connectivity index (χ2n) is 7.48. The number of furan rings is 1. The molecule has 0 fully saturated rings. The van der Waals surface area contributed by atoms with E-state index < -0.39 is 17.2 Å². The van der Waals surface area contributed by atoms with E-state index in [1.54, 1.807) is 48.6 Å². The molecule has 0 unspecified atom stereocenters. The highest BCUT2D eigenvalue weighted by Gasteiger charge is 2.24. The van der Waals surface area contributed by atoms with E-state index in [1.807, 2.05) is 5.38 Å². The van der Waals surface area contributed by atoms with Crippen LogP contribution in [-0.2, 0) is 6.42 Å². The molecule has 160 valence electrons. The number of rotatable bonds is 6. The summed E-state index contributed by atoms with van der Waals surface area (Å²) in [6, 6.07) is 8.53. The van der Waals surface area contributed by atoms with E-state index in [0.29, 0.717) is 24.6 Å². The van der Waals surface area contributed by atoms with Crippen molar-refractivity contribution < 1.29 is 9.21 Å². The van der Waals surface area contributed by atoms with E-state index in [9.17, 15) is 14.4 Å². The Bertz CT molecular complexity index is 1360. The third kappa shape index (κ3) is 3.96. The van der Waals surface area contributed by atoms with Crippen LogP contribution in [0.25, 0.3) is 16.8 Å². The number of aryl methyl sites for hydroxylation is 1. The van der Waals surface area contributed by atoms with Crippen LogP contribution < -0.4 is 16.6 Å². The van der Waals surface area contributed by atoms with Gasteiger partial charge in [0.05, 0.1) is 22.0 Å².